The average molecular weight is 527 g/mol. The standard InChI is InChI=1S/C22H33N5O2.HI/c1-15-17(18-8-6-7-9-19(18)25-15)10-12-24-20(23-5)27-13-11-16(14-27)26-21(28)29-22(2,3)4;/h6-9,16,25H,10-14H2,1-5H3,(H,23,24)(H,26,28);1H. The first-order valence-corrected chi connectivity index (χ1v) is 10.3. The number of aliphatic imine (C=N–C) groups is 1. The van der Waals surface area contributed by atoms with Crippen LogP contribution < -0.4 is 10.6 Å². The number of hydrogen-bond donors (Lipinski definition) is 3. The highest BCUT2D eigenvalue weighted by Gasteiger charge is 2.27. The average Bonchev–Trinajstić information content (AvgIpc) is 3.21. The Morgan fingerprint density at radius 3 is 2.77 bits per heavy atom. The zero-order valence-electron chi connectivity index (χ0n) is 18.5. The molecule has 1 aliphatic rings. The summed E-state index contributed by atoms with van der Waals surface area (Å²) in [7, 11) is 1.80. The number of likely N-dealkylation sites (tertiary alicyclic amines) is 1. The topological polar surface area (TPSA) is 81.8 Å². The van der Waals surface area contributed by atoms with Gasteiger partial charge in [0.1, 0.15) is 5.60 Å². The highest BCUT2D eigenvalue weighted by atomic mass is 127. The third-order valence-corrected chi connectivity index (χ3v) is 5.11. The molecule has 1 unspecified atom stereocenters. The Hall–Kier alpha value is -1.97. The van der Waals surface area contributed by atoms with Crippen molar-refractivity contribution in [3.05, 3.63) is 35.5 Å². The van der Waals surface area contributed by atoms with Crippen LogP contribution in [0.25, 0.3) is 10.9 Å². The van der Waals surface area contributed by atoms with Crippen molar-refractivity contribution in [1.29, 1.82) is 0 Å². The molecular weight excluding hydrogens is 493 g/mol. The lowest BCUT2D eigenvalue weighted by Gasteiger charge is -2.23. The van der Waals surface area contributed by atoms with Crippen molar-refractivity contribution in [2.24, 2.45) is 4.99 Å². The van der Waals surface area contributed by atoms with Crippen molar-refractivity contribution in [2.75, 3.05) is 26.7 Å². The van der Waals surface area contributed by atoms with Gasteiger partial charge in [-0.15, -0.1) is 24.0 Å². The second-order valence-electron chi connectivity index (χ2n) is 8.58. The number of amides is 1. The number of aromatic nitrogens is 1. The summed E-state index contributed by atoms with van der Waals surface area (Å²) in [5.41, 5.74) is 3.25. The summed E-state index contributed by atoms with van der Waals surface area (Å²) in [5, 5.41) is 7.71. The van der Waals surface area contributed by atoms with E-state index in [2.05, 4.69) is 56.7 Å². The summed E-state index contributed by atoms with van der Waals surface area (Å²) in [6.45, 7) is 10.1. The zero-order valence-corrected chi connectivity index (χ0v) is 20.9. The predicted octanol–water partition coefficient (Wildman–Crippen LogP) is 3.81. The minimum atomic E-state index is -0.486. The minimum Gasteiger partial charge on any atom is -0.444 e. The number of guanidine groups is 1. The number of fused-ring (bicyclic) bond motifs is 1. The van der Waals surface area contributed by atoms with Gasteiger partial charge in [0.05, 0.1) is 6.04 Å². The van der Waals surface area contributed by atoms with E-state index in [1.807, 2.05) is 20.8 Å². The van der Waals surface area contributed by atoms with Gasteiger partial charge in [0, 0.05) is 43.3 Å². The molecule has 1 amide bonds. The molecule has 8 heteroatoms. The van der Waals surface area contributed by atoms with Crippen molar-refractivity contribution >= 4 is 46.9 Å². The molecule has 2 aromatic rings. The highest BCUT2D eigenvalue weighted by Crippen LogP contribution is 2.22. The molecule has 0 radical (unpaired) electrons. The molecule has 1 aromatic heterocycles. The summed E-state index contributed by atoms with van der Waals surface area (Å²) in [5.74, 6) is 0.871. The van der Waals surface area contributed by atoms with Gasteiger partial charge in [0.2, 0.25) is 0 Å². The second kappa shape index (κ2) is 10.4. The Balaban J connectivity index is 0.00000320. The van der Waals surface area contributed by atoms with Crippen molar-refractivity contribution in [3.63, 3.8) is 0 Å². The fraction of sp³-hybridized carbons (Fsp3) is 0.545. The number of rotatable bonds is 4. The van der Waals surface area contributed by atoms with Gasteiger partial charge >= 0.3 is 6.09 Å². The van der Waals surface area contributed by atoms with E-state index < -0.39 is 5.60 Å². The fourth-order valence-electron chi connectivity index (χ4n) is 3.83. The van der Waals surface area contributed by atoms with Crippen LogP contribution >= 0.6 is 24.0 Å². The summed E-state index contributed by atoms with van der Waals surface area (Å²) in [6.07, 6.45) is 1.44. The summed E-state index contributed by atoms with van der Waals surface area (Å²) in [6, 6.07) is 8.47. The predicted molar refractivity (Wildman–Crippen MR) is 133 cm³/mol. The number of halogens is 1. The molecule has 166 valence electrons. The highest BCUT2D eigenvalue weighted by molar-refractivity contribution is 14.0. The van der Waals surface area contributed by atoms with Crippen LogP contribution in [0.2, 0.25) is 0 Å². The molecule has 1 saturated heterocycles. The first-order chi connectivity index (χ1) is 13.8. The van der Waals surface area contributed by atoms with Gasteiger partial charge in [-0.05, 0) is 52.2 Å². The van der Waals surface area contributed by atoms with E-state index in [0.29, 0.717) is 0 Å². The zero-order chi connectivity index (χ0) is 21.0. The Morgan fingerprint density at radius 1 is 1.33 bits per heavy atom. The van der Waals surface area contributed by atoms with E-state index in [1.54, 1.807) is 7.05 Å². The maximum absolute atomic E-state index is 12.0. The molecule has 0 spiro atoms. The molecule has 1 aliphatic heterocycles. The maximum atomic E-state index is 12.0. The molecule has 0 bridgehead atoms. The van der Waals surface area contributed by atoms with Crippen LogP contribution in [0, 0.1) is 6.92 Å². The quantitative estimate of drug-likeness (QED) is 0.321. The number of carbonyl (C=O) groups is 1. The van der Waals surface area contributed by atoms with Crippen LogP contribution in [-0.2, 0) is 11.2 Å². The molecule has 3 N–H and O–H groups in total. The molecule has 7 nitrogen and oxygen atoms in total. The van der Waals surface area contributed by atoms with Crippen LogP contribution in [0.3, 0.4) is 0 Å². The van der Waals surface area contributed by atoms with E-state index in [-0.39, 0.29) is 36.1 Å². The number of carbonyl (C=O) groups excluding carboxylic acids is 1. The number of nitrogens with zero attached hydrogens (tertiary/aromatic N) is 2. The summed E-state index contributed by atoms with van der Waals surface area (Å²) < 4.78 is 5.36. The number of aryl methyl sites for hydroxylation is 1. The minimum absolute atomic E-state index is 0. The Kier molecular flexibility index (Phi) is 8.40. The van der Waals surface area contributed by atoms with Crippen LogP contribution in [-0.4, -0.2) is 60.3 Å². The lowest BCUT2D eigenvalue weighted by Crippen LogP contribution is -2.44. The molecule has 1 atom stereocenters. The normalized spacial score (nSPS) is 17.0. The Morgan fingerprint density at radius 2 is 2.07 bits per heavy atom. The van der Waals surface area contributed by atoms with Gasteiger partial charge in [-0.1, -0.05) is 18.2 Å². The lowest BCUT2D eigenvalue weighted by molar-refractivity contribution is 0.0507. The van der Waals surface area contributed by atoms with E-state index in [1.165, 1.54) is 22.2 Å². The molecule has 2 heterocycles. The van der Waals surface area contributed by atoms with Crippen LogP contribution in [0.5, 0.6) is 0 Å². The fourth-order valence-corrected chi connectivity index (χ4v) is 3.83. The van der Waals surface area contributed by atoms with Crippen LogP contribution in [0.15, 0.2) is 29.3 Å². The van der Waals surface area contributed by atoms with Gasteiger partial charge in [-0.25, -0.2) is 4.79 Å². The number of nitrogens with one attached hydrogen (secondary N) is 3. The SMILES string of the molecule is CN=C(NCCc1c(C)[nH]c2ccccc12)N1CCC(NC(=O)OC(C)(C)C)C1.I. The van der Waals surface area contributed by atoms with Crippen molar-refractivity contribution in [2.45, 2.75) is 52.2 Å². The first kappa shape index (κ1) is 24.3. The monoisotopic (exact) mass is 527 g/mol. The molecule has 30 heavy (non-hydrogen) atoms. The smallest absolute Gasteiger partial charge is 0.407 e. The van der Waals surface area contributed by atoms with Gasteiger partial charge in [0.25, 0.3) is 0 Å². The van der Waals surface area contributed by atoms with E-state index in [0.717, 1.165) is 38.4 Å². The molecule has 3 rings (SSSR count). The largest absolute Gasteiger partial charge is 0.444 e. The molecule has 1 fully saturated rings. The van der Waals surface area contributed by atoms with Gasteiger partial charge in [-0.3, -0.25) is 4.99 Å². The number of aromatic amines is 1. The van der Waals surface area contributed by atoms with Crippen LogP contribution in [0.1, 0.15) is 38.4 Å². The molecular formula is C22H34IN5O2. The molecule has 0 aliphatic carbocycles. The third kappa shape index (κ3) is 6.26. The summed E-state index contributed by atoms with van der Waals surface area (Å²) in [4.78, 5) is 22.1. The van der Waals surface area contributed by atoms with Crippen molar-refractivity contribution < 1.29 is 9.53 Å². The number of H-pyrrole nitrogens is 1. The van der Waals surface area contributed by atoms with Crippen molar-refractivity contribution in [1.82, 2.24) is 20.5 Å². The van der Waals surface area contributed by atoms with Gasteiger partial charge < -0.3 is 25.3 Å². The van der Waals surface area contributed by atoms with E-state index in [4.69, 9.17) is 4.74 Å². The van der Waals surface area contributed by atoms with Crippen LogP contribution in [0.4, 0.5) is 4.79 Å². The van der Waals surface area contributed by atoms with E-state index in [9.17, 15) is 4.79 Å². The number of hydrogen-bond acceptors (Lipinski definition) is 3. The first-order valence-electron chi connectivity index (χ1n) is 10.3. The number of ether oxygens (including phenoxy) is 1. The number of benzene rings is 1. The third-order valence-electron chi connectivity index (χ3n) is 5.11. The van der Waals surface area contributed by atoms with Crippen molar-refractivity contribution in [3.8, 4) is 0 Å². The van der Waals surface area contributed by atoms with Gasteiger partial charge in [0.15, 0.2) is 5.96 Å². The number of para-hydroxylation sites is 1. The Bertz CT molecular complexity index is 887. The number of alkyl carbamates (subject to hydrolysis) is 1. The second-order valence-corrected chi connectivity index (χ2v) is 8.58. The van der Waals surface area contributed by atoms with E-state index >= 15 is 0 Å². The lowest BCUT2D eigenvalue weighted by atomic mass is 10.1. The van der Waals surface area contributed by atoms with Gasteiger partial charge in [-0.2, -0.15) is 0 Å². The Labute approximate surface area is 196 Å². The molecule has 0 saturated carbocycles. The summed E-state index contributed by atoms with van der Waals surface area (Å²) >= 11 is 0. The maximum Gasteiger partial charge on any atom is 0.407 e. The molecule has 1 aromatic carbocycles.